The maximum atomic E-state index is 6.79. The number of allylic oxidation sites excluding steroid dienone is 5. The van der Waals surface area contributed by atoms with Gasteiger partial charge >= 0.3 is 0 Å². The molecule has 2 nitrogen and oxygen atoms in total. The Morgan fingerprint density at radius 3 is 1.82 bits per heavy atom. The van der Waals surface area contributed by atoms with Gasteiger partial charge < -0.3 is 5.32 Å². The van der Waals surface area contributed by atoms with Crippen LogP contribution in [0, 0.1) is 175 Å². The van der Waals surface area contributed by atoms with E-state index in [1.165, 1.54) is 16.3 Å². The van der Waals surface area contributed by atoms with E-state index < -0.39 is 0 Å². The van der Waals surface area contributed by atoms with E-state index in [2.05, 4.69) is 192 Å². The molecule has 0 atom stereocenters. The van der Waals surface area contributed by atoms with E-state index in [0.29, 0.717) is 0 Å². The maximum Gasteiger partial charge on any atom is 0.243 e. The Labute approximate surface area is 337 Å². The average Bonchev–Trinajstić information content (AvgIpc) is 3.32. The smallest absolute Gasteiger partial charge is 0.243 e. The van der Waals surface area contributed by atoms with Crippen LogP contribution in [0.5, 0.6) is 0 Å². The van der Waals surface area contributed by atoms with Gasteiger partial charge in [-0.2, -0.15) is 6.20 Å². The van der Waals surface area contributed by atoms with Crippen molar-refractivity contribution >= 4 is 33.8 Å². The van der Waals surface area contributed by atoms with Crippen LogP contribution in [0.3, 0.4) is 0 Å². The zero-order chi connectivity index (χ0) is 34.7. The summed E-state index contributed by atoms with van der Waals surface area (Å²) in [6.07, 6.45) is 14.0. The van der Waals surface area contributed by atoms with Crippen molar-refractivity contribution in [1.29, 1.82) is 0 Å². The number of halogens is 1. The molecule has 0 saturated heterocycles. The molecule has 4 heteroatoms. The van der Waals surface area contributed by atoms with Gasteiger partial charge in [-0.15, -0.1) is 18.0 Å². The molecule has 4 rings (SSSR count). The second kappa shape index (κ2) is 20.6. The van der Waals surface area contributed by atoms with E-state index in [0.717, 1.165) is 46.8 Å². The second-order valence-electron chi connectivity index (χ2n) is 10.6. The first kappa shape index (κ1) is 38.7. The van der Waals surface area contributed by atoms with Crippen molar-refractivity contribution in [2.75, 3.05) is 7.05 Å². The van der Waals surface area contributed by atoms with Crippen molar-refractivity contribution in [2.24, 2.45) is 0 Å². The molecule has 0 spiro atoms. The fourth-order valence-corrected chi connectivity index (χ4v) is 5.50. The fraction of sp³-hybridized carbons (Fsp3) is 0.152. The largest absolute Gasteiger partial charge is 0.693 e. The Balaban J connectivity index is 0.00000676. The summed E-state index contributed by atoms with van der Waals surface area (Å²) in [5.41, 5.74) is 5.12. The summed E-state index contributed by atoms with van der Waals surface area (Å²) in [4.78, 5) is 0. The van der Waals surface area contributed by atoms with Gasteiger partial charge in [-0.3, -0.25) is 0 Å². The average molecular weight is 868 g/mol. The third-order valence-electron chi connectivity index (χ3n) is 7.20. The van der Waals surface area contributed by atoms with Crippen LogP contribution >= 0.6 is 11.6 Å². The minimum absolute atomic E-state index is 0. The first-order valence-corrected chi connectivity index (χ1v) is 15.4. The van der Waals surface area contributed by atoms with Crippen molar-refractivity contribution in [3.8, 4) is 131 Å². The molecule has 0 saturated carbocycles. The summed E-state index contributed by atoms with van der Waals surface area (Å²) in [6.45, 7) is 4.45. The molecule has 0 fully saturated rings. The van der Waals surface area contributed by atoms with Gasteiger partial charge in [-0.1, -0.05) is 47.5 Å². The second-order valence-corrected chi connectivity index (χ2v) is 11.0. The summed E-state index contributed by atoms with van der Waals surface area (Å²) in [5.74, 6) is 51.3. The molecule has 2 aliphatic rings. The van der Waals surface area contributed by atoms with Gasteiger partial charge in [0.05, 0.1) is 11.3 Å². The molecule has 2 aromatic rings. The Bertz CT molecular complexity index is 2550. The Morgan fingerprint density at radius 2 is 1.26 bits per heavy atom. The Kier molecular flexibility index (Phi) is 16.0. The molecule has 0 amide bonds. The van der Waals surface area contributed by atoms with Crippen LogP contribution in [0.1, 0.15) is 38.7 Å². The van der Waals surface area contributed by atoms with Crippen molar-refractivity contribution < 1.29 is 48.6 Å². The summed E-state index contributed by atoms with van der Waals surface area (Å²) >= 11 is 6.79. The van der Waals surface area contributed by atoms with Gasteiger partial charge in [0.2, 0.25) is 17.4 Å². The van der Waals surface area contributed by atoms with Crippen molar-refractivity contribution in [3.63, 3.8) is 0 Å². The van der Waals surface area contributed by atoms with Gasteiger partial charge in [-0.25, -0.2) is 0 Å². The molecule has 0 unspecified atom stereocenters. The van der Waals surface area contributed by atoms with Crippen LogP contribution in [0.25, 0.3) is 16.1 Å². The predicted octanol–water partition coefficient (Wildman–Crippen LogP) is 6.96. The van der Waals surface area contributed by atoms with Gasteiger partial charge in [0.15, 0.2) is 0 Å². The summed E-state index contributed by atoms with van der Waals surface area (Å²) < 4.78 is 2.02. The predicted molar refractivity (Wildman–Crippen MR) is 202 cm³/mol. The zero-order valence-corrected chi connectivity index (χ0v) is 33.2. The standard InChI is InChI=1S/C46H25ClN2.Ac/c1-5-6-7-8-9-10-11-12-13-14-15-16-17-18-19-20-21-22-23-26-36-49-42-34-32-38-28-24-25-31-41(38)44(42)46(2,3)43(49)35-33-39-29-27-30-40(37-48-4)45(39)47;/h1,24-25,28,31-35,37H,27,29-30H2,2-4H3;. The number of fused-ring (bicyclic) bond motifs is 3. The first-order chi connectivity index (χ1) is 24.0. The number of benzene rings is 2. The first-order valence-electron chi connectivity index (χ1n) is 15.0. The van der Waals surface area contributed by atoms with Crippen LogP contribution in [0.2, 0.25) is 0 Å². The van der Waals surface area contributed by atoms with Crippen LogP contribution in [-0.2, 0) is 5.41 Å². The monoisotopic (exact) mass is 867 g/mol. The van der Waals surface area contributed by atoms with Crippen molar-refractivity contribution in [3.05, 3.63) is 81.8 Å². The molecule has 1 heterocycles. The van der Waals surface area contributed by atoms with E-state index in [1.807, 2.05) is 10.8 Å². The SMILES string of the molecule is C#CC#CC#CC#CC#CC#CC#CC#CC#CC#CC#C[N+]1=C(/C=C/C2=C(Cl)C(=C/[N-]C)/CCC2)C(C)(C)c2c1ccc1ccccc21.[Ac]. The molecule has 0 bridgehead atoms. The van der Waals surface area contributed by atoms with E-state index in [1.54, 1.807) is 7.05 Å². The fourth-order valence-electron chi connectivity index (χ4n) is 5.20. The summed E-state index contributed by atoms with van der Waals surface area (Å²) in [7, 11) is 1.77. The van der Waals surface area contributed by atoms with Gasteiger partial charge in [0, 0.05) is 132 Å². The Morgan fingerprint density at radius 1 is 0.720 bits per heavy atom. The quantitative estimate of drug-likeness (QED) is 0.235. The van der Waals surface area contributed by atoms with Gasteiger partial charge in [0.1, 0.15) is 0 Å². The molecule has 50 heavy (non-hydrogen) atoms. The molecule has 1 aliphatic heterocycles. The number of terminal acetylenes is 1. The van der Waals surface area contributed by atoms with Crippen LogP contribution in [-0.4, -0.2) is 17.3 Å². The molecular weight excluding hydrogens is 843 g/mol. The van der Waals surface area contributed by atoms with Gasteiger partial charge in [-0.05, 0) is 103 Å². The number of hydrogen-bond acceptors (Lipinski definition) is 0. The minimum atomic E-state index is -0.330. The number of hydrogen-bond donors (Lipinski definition) is 0. The molecule has 1 aliphatic carbocycles. The van der Waals surface area contributed by atoms with Crippen LogP contribution in [0.4, 0.5) is 5.69 Å². The molecule has 0 N–H and O–H groups in total. The van der Waals surface area contributed by atoms with Crippen molar-refractivity contribution in [2.45, 2.75) is 38.5 Å². The normalized spacial score (nSPS) is 13.1. The molecule has 229 valence electrons. The minimum Gasteiger partial charge on any atom is -0.693 e. The van der Waals surface area contributed by atoms with E-state index in [4.69, 9.17) is 18.0 Å². The topological polar surface area (TPSA) is 17.1 Å². The molecular formula is C46H25AcClN2. The van der Waals surface area contributed by atoms with Gasteiger partial charge in [0.25, 0.3) is 0 Å². The molecule has 2 aromatic carbocycles. The van der Waals surface area contributed by atoms with E-state index >= 15 is 0 Å². The zero-order valence-electron chi connectivity index (χ0n) is 27.7. The van der Waals surface area contributed by atoms with Crippen LogP contribution < -0.4 is 0 Å². The maximum absolute atomic E-state index is 6.79. The van der Waals surface area contributed by atoms with Crippen molar-refractivity contribution in [1.82, 2.24) is 0 Å². The Hall–Kier alpha value is -5.72. The summed E-state index contributed by atoms with van der Waals surface area (Å²) in [6, 6.07) is 15.9. The van der Waals surface area contributed by atoms with E-state index in [-0.39, 0.29) is 49.5 Å². The molecule has 0 aromatic heterocycles. The third-order valence-corrected chi connectivity index (χ3v) is 7.69. The molecule has 1 radical (unpaired) electrons. The van der Waals surface area contributed by atoms with E-state index in [9.17, 15) is 0 Å². The number of nitrogens with zero attached hydrogens (tertiary/aromatic N) is 2. The van der Waals surface area contributed by atoms with Crippen LogP contribution in [0.15, 0.2) is 70.9 Å². The number of rotatable bonds is 3. The third kappa shape index (κ3) is 10.6. The summed E-state index contributed by atoms with van der Waals surface area (Å²) in [5, 5.41) is 7.33.